The van der Waals surface area contributed by atoms with Crippen LogP contribution < -0.4 is 5.32 Å². The Hall–Kier alpha value is -0.0800. The summed E-state index contributed by atoms with van der Waals surface area (Å²) in [7, 11) is 2.06. The molecule has 0 aromatic carbocycles. The van der Waals surface area contributed by atoms with Crippen molar-refractivity contribution in [3.05, 3.63) is 0 Å². The summed E-state index contributed by atoms with van der Waals surface area (Å²) in [5.41, 5.74) is 0.155. The van der Waals surface area contributed by atoms with Gasteiger partial charge in [-0.15, -0.1) is 0 Å². The minimum Gasteiger partial charge on any atom is -0.374 e. The Morgan fingerprint density at radius 3 is 2.26 bits per heavy atom. The number of nitrogens with one attached hydrogen (secondary N) is 1. The maximum absolute atomic E-state index is 6.38. The summed E-state index contributed by atoms with van der Waals surface area (Å²) in [5, 5.41) is 3.37. The smallest absolute Gasteiger partial charge is 0.0806 e. The summed E-state index contributed by atoms with van der Waals surface area (Å²) in [6.45, 7) is 4.34. The van der Waals surface area contributed by atoms with Gasteiger partial charge in [-0.3, -0.25) is 0 Å². The van der Waals surface area contributed by atoms with E-state index in [4.69, 9.17) is 4.74 Å². The fraction of sp³-hybridized carbons (Fsp3) is 1.00. The van der Waals surface area contributed by atoms with E-state index in [2.05, 4.69) is 19.3 Å². The Bertz CT molecular complexity index is 242. The van der Waals surface area contributed by atoms with Crippen molar-refractivity contribution in [1.29, 1.82) is 0 Å². The van der Waals surface area contributed by atoms with Crippen molar-refractivity contribution in [2.75, 3.05) is 20.2 Å². The van der Waals surface area contributed by atoms with Gasteiger partial charge in [-0.1, -0.05) is 39.0 Å². The summed E-state index contributed by atoms with van der Waals surface area (Å²) in [4.78, 5) is 0. The summed E-state index contributed by atoms with van der Waals surface area (Å²) >= 11 is 0. The van der Waals surface area contributed by atoms with E-state index in [1.165, 1.54) is 64.2 Å². The van der Waals surface area contributed by atoms with Gasteiger partial charge < -0.3 is 10.1 Å². The molecule has 2 heteroatoms. The molecule has 2 saturated carbocycles. The van der Waals surface area contributed by atoms with Gasteiger partial charge in [0.25, 0.3) is 0 Å². The molecule has 2 aliphatic rings. The fourth-order valence-corrected chi connectivity index (χ4v) is 3.82. The predicted molar refractivity (Wildman–Crippen MR) is 81.4 cm³/mol. The van der Waals surface area contributed by atoms with Crippen molar-refractivity contribution in [3.63, 3.8) is 0 Å². The van der Waals surface area contributed by atoms with Gasteiger partial charge in [0.05, 0.1) is 5.60 Å². The van der Waals surface area contributed by atoms with Crippen LogP contribution in [0.5, 0.6) is 0 Å². The summed E-state index contributed by atoms with van der Waals surface area (Å²) < 4.78 is 6.38. The van der Waals surface area contributed by atoms with Crippen LogP contribution in [0.25, 0.3) is 0 Å². The Morgan fingerprint density at radius 1 is 1.05 bits per heavy atom. The van der Waals surface area contributed by atoms with Crippen LogP contribution in [0.1, 0.15) is 71.1 Å². The third-order valence-corrected chi connectivity index (χ3v) is 5.37. The van der Waals surface area contributed by atoms with Crippen LogP contribution >= 0.6 is 0 Å². The van der Waals surface area contributed by atoms with E-state index >= 15 is 0 Å². The molecular weight excluding hydrogens is 234 g/mol. The minimum absolute atomic E-state index is 0.155. The number of rotatable bonds is 8. The zero-order chi connectivity index (χ0) is 13.6. The topological polar surface area (TPSA) is 21.3 Å². The molecule has 0 unspecified atom stereocenters. The van der Waals surface area contributed by atoms with Gasteiger partial charge in [-0.2, -0.15) is 0 Å². The Kier molecular flexibility index (Phi) is 6.15. The van der Waals surface area contributed by atoms with E-state index in [9.17, 15) is 0 Å². The second kappa shape index (κ2) is 7.64. The van der Waals surface area contributed by atoms with Crippen molar-refractivity contribution in [2.45, 2.75) is 76.7 Å². The molecule has 0 atom stereocenters. The largest absolute Gasteiger partial charge is 0.374 e. The second-order valence-corrected chi connectivity index (χ2v) is 6.88. The van der Waals surface area contributed by atoms with E-state index in [1.54, 1.807) is 0 Å². The highest BCUT2D eigenvalue weighted by Crippen LogP contribution is 2.37. The van der Waals surface area contributed by atoms with Gasteiger partial charge >= 0.3 is 0 Å². The monoisotopic (exact) mass is 267 g/mol. The number of likely N-dealkylation sites (N-methyl/N-ethyl adjacent to an activating group) is 1. The second-order valence-electron chi connectivity index (χ2n) is 6.88. The van der Waals surface area contributed by atoms with Gasteiger partial charge in [-0.25, -0.2) is 0 Å². The average Bonchev–Trinajstić information content (AvgIpc) is 2.36. The number of hydrogen-bond acceptors (Lipinski definition) is 2. The first kappa shape index (κ1) is 15.3. The van der Waals surface area contributed by atoms with E-state index in [0.717, 1.165) is 25.0 Å². The lowest BCUT2D eigenvalue weighted by Crippen LogP contribution is -2.45. The molecule has 0 amide bonds. The fourth-order valence-electron chi connectivity index (χ4n) is 3.82. The van der Waals surface area contributed by atoms with Gasteiger partial charge in [-0.05, 0) is 51.0 Å². The normalized spacial score (nSPS) is 32.2. The maximum atomic E-state index is 6.38. The summed E-state index contributed by atoms with van der Waals surface area (Å²) in [5.74, 6) is 1.94. The van der Waals surface area contributed by atoms with Crippen molar-refractivity contribution in [2.24, 2.45) is 11.8 Å². The molecule has 0 heterocycles. The molecule has 0 spiro atoms. The molecule has 2 fully saturated rings. The summed E-state index contributed by atoms with van der Waals surface area (Å²) in [6.07, 6.45) is 13.7. The van der Waals surface area contributed by atoms with E-state index in [0.29, 0.717) is 0 Å². The van der Waals surface area contributed by atoms with Crippen molar-refractivity contribution < 1.29 is 4.74 Å². The molecule has 0 bridgehead atoms. The van der Waals surface area contributed by atoms with Crippen LogP contribution in [0.15, 0.2) is 0 Å². The lowest BCUT2D eigenvalue weighted by molar-refractivity contribution is -0.0816. The highest BCUT2D eigenvalue weighted by Gasteiger charge is 2.35. The number of ether oxygens (including phenoxy) is 1. The predicted octanol–water partition coefficient (Wildman–Crippen LogP) is 4.14. The third-order valence-electron chi connectivity index (χ3n) is 5.37. The summed E-state index contributed by atoms with van der Waals surface area (Å²) in [6, 6.07) is 0. The Labute approximate surface area is 119 Å². The lowest BCUT2D eigenvalue weighted by atomic mass is 9.77. The van der Waals surface area contributed by atoms with Crippen LogP contribution in [0.4, 0.5) is 0 Å². The van der Waals surface area contributed by atoms with Gasteiger partial charge in [0.2, 0.25) is 0 Å². The van der Waals surface area contributed by atoms with Gasteiger partial charge in [0.1, 0.15) is 0 Å². The molecule has 2 rings (SSSR count). The zero-order valence-electron chi connectivity index (χ0n) is 13.0. The first-order valence-corrected chi connectivity index (χ1v) is 8.56. The first-order chi connectivity index (χ1) is 9.28. The van der Waals surface area contributed by atoms with Crippen molar-refractivity contribution in [3.8, 4) is 0 Å². The van der Waals surface area contributed by atoms with Gasteiger partial charge in [0, 0.05) is 13.2 Å². The minimum atomic E-state index is 0.155. The molecule has 2 nitrogen and oxygen atoms in total. The molecule has 0 aromatic rings. The lowest BCUT2D eigenvalue weighted by Gasteiger charge is -2.41. The van der Waals surface area contributed by atoms with Gasteiger partial charge in [0.15, 0.2) is 0 Å². The van der Waals surface area contributed by atoms with Crippen LogP contribution in [-0.4, -0.2) is 25.8 Å². The molecule has 0 radical (unpaired) electrons. The molecule has 0 saturated heterocycles. The van der Waals surface area contributed by atoms with Crippen molar-refractivity contribution in [1.82, 2.24) is 5.32 Å². The van der Waals surface area contributed by atoms with Crippen LogP contribution in [0.3, 0.4) is 0 Å². The van der Waals surface area contributed by atoms with E-state index in [1.807, 2.05) is 0 Å². The highest BCUT2D eigenvalue weighted by molar-refractivity contribution is 4.89. The molecule has 1 N–H and O–H groups in total. The SMILES string of the molecule is CCCC1CCC(CNC)(OCCC2CCC2)CC1. The van der Waals surface area contributed by atoms with Crippen LogP contribution in [0, 0.1) is 11.8 Å². The number of hydrogen-bond donors (Lipinski definition) is 1. The average molecular weight is 267 g/mol. The Morgan fingerprint density at radius 2 is 1.74 bits per heavy atom. The Balaban J connectivity index is 1.73. The van der Waals surface area contributed by atoms with Crippen LogP contribution in [0.2, 0.25) is 0 Å². The first-order valence-electron chi connectivity index (χ1n) is 8.56. The van der Waals surface area contributed by atoms with E-state index < -0.39 is 0 Å². The standard InChI is InChI=1S/C17H33NO/c1-3-5-15-8-11-17(12-9-15,14-18-2)19-13-10-16-6-4-7-16/h15-16,18H,3-14H2,1-2H3. The molecular formula is C17H33NO. The molecule has 2 aliphatic carbocycles. The third kappa shape index (κ3) is 4.46. The zero-order valence-corrected chi connectivity index (χ0v) is 13.0. The van der Waals surface area contributed by atoms with Crippen molar-refractivity contribution >= 4 is 0 Å². The molecule has 0 aromatic heterocycles. The molecule has 19 heavy (non-hydrogen) atoms. The van der Waals surface area contributed by atoms with E-state index in [-0.39, 0.29) is 5.60 Å². The highest BCUT2D eigenvalue weighted by atomic mass is 16.5. The van der Waals surface area contributed by atoms with Crippen LogP contribution in [-0.2, 0) is 4.74 Å². The quantitative estimate of drug-likeness (QED) is 0.713. The molecule has 0 aliphatic heterocycles. The molecule has 112 valence electrons. The maximum Gasteiger partial charge on any atom is 0.0806 e.